The van der Waals surface area contributed by atoms with E-state index in [1.54, 1.807) is 12.3 Å². The van der Waals surface area contributed by atoms with E-state index in [0.717, 1.165) is 5.69 Å². The van der Waals surface area contributed by atoms with Crippen molar-refractivity contribution in [3.05, 3.63) is 18.3 Å². The SMILES string of the molecule is CC(C)Nc1cccnc1OC1CN(CC(F)(F)F)C1. The van der Waals surface area contributed by atoms with E-state index in [4.69, 9.17) is 4.74 Å². The van der Waals surface area contributed by atoms with Crippen molar-refractivity contribution in [2.45, 2.75) is 32.2 Å². The molecule has 0 amide bonds. The first-order valence-corrected chi connectivity index (χ1v) is 6.51. The Balaban J connectivity index is 1.87. The molecule has 7 heteroatoms. The first-order chi connectivity index (χ1) is 9.33. The number of anilines is 1. The normalized spacial score (nSPS) is 17.1. The molecule has 0 aliphatic carbocycles. The fraction of sp³-hybridized carbons (Fsp3) is 0.615. The highest BCUT2D eigenvalue weighted by Crippen LogP contribution is 2.26. The summed E-state index contributed by atoms with van der Waals surface area (Å²) in [5.41, 5.74) is 0.761. The van der Waals surface area contributed by atoms with Crippen molar-refractivity contribution in [1.82, 2.24) is 9.88 Å². The number of halogens is 3. The fourth-order valence-corrected chi connectivity index (χ4v) is 2.04. The number of nitrogens with one attached hydrogen (secondary N) is 1. The van der Waals surface area contributed by atoms with Crippen LogP contribution in [0.15, 0.2) is 18.3 Å². The van der Waals surface area contributed by atoms with E-state index in [1.165, 1.54) is 4.90 Å². The molecule has 1 fully saturated rings. The number of alkyl halides is 3. The maximum absolute atomic E-state index is 12.2. The summed E-state index contributed by atoms with van der Waals surface area (Å²) in [7, 11) is 0. The molecule has 0 unspecified atom stereocenters. The van der Waals surface area contributed by atoms with Gasteiger partial charge in [0.25, 0.3) is 0 Å². The molecular formula is C13H18F3N3O. The van der Waals surface area contributed by atoms with Gasteiger partial charge in [0.15, 0.2) is 0 Å². The van der Waals surface area contributed by atoms with E-state index in [1.807, 2.05) is 19.9 Å². The van der Waals surface area contributed by atoms with E-state index in [9.17, 15) is 13.2 Å². The average molecular weight is 289 g/mol. The Labute approximate surface area is 115 Å². The predicted molar refractivity (Wildman–Crippen MR) is 69.9 cm³/mol. The van der Waals surface area contributed by atoms with Crippen LogP contribution >= 0.6 is 0 Å². The van der Waals surface area contributed by atoms with Gasteiger partial charge in [-0.2, -0.15) is 13.2 Å². The number of nitrogens with zero attached hydrogens (tertiary/aromatic N) is 2. The topological polar surface area (TPSA) is 37.4 Å². The lowest BCUT2D eigenvalue weighted by Crippen LogP contribution is -2.56. The van der Waals surface area contributed by atoms with Crippen LogP contribution in [0.25, 0.3) is 0 Å². The Bertz CT molecular complexity index is 445. The van der Waals surface area contributed by atoms with Crippen molar-refractivity contribution in [3.8, 4) is 5.88 Å². The summed E-state index contributed by atoms with van der Waals surface area (Å²) in [6.07, 6.45) is -2.78. The summed E-state index contributed by atoms with van der Waals surface area (Å²) in [6, 6.07) is 3.85. The maximum atomic E-state index is 12.2. The molecule has 4 nitrogen and oxygen atoms in total. The number of hydrogen-bond acceptors (Lipinski definition) is 4. The first kappa shape index (κ1) is 14.9. The van der Waals surface area contributed by atoms with Crippen molar-refractivity contribution in [2.75, 3.05) is 25.0 Å². The van der Waals surface area contributed by atoms with E-state index in [-0.39, 0.29) is 25.2 Å². The van der Waals surface area contributed by atoms with Gasteiger partial charge in [0.05, 0.1) is 12.2 Å². The minimum absolute atomic E-state index is 0.227. The lowest BCUT2D eigenvalue weighted by Gasteiger charge is -2.39. The molecule has 1 aliphatic rings. The summed E-state index contributed by atoms with van der Waals surface area (Å²) in [5, 5.41) is 3.20. The van der Waals surface area contributed by atoms with Crippen LogP contribution in [0, 0.1) is 0 Å². The molecule has 0 aromatic carbocycles. The second kappa shape index (κ2) is 5.87. The Morgan fingerprint density at radius 1 is 1.45 bits per heavy atom. The van der Waals surface area contributed by atoms with Gasteiger partial charge in [0.2, 0.25) is 5.88 Å². The third kappa shape index (κ3) is 4.26. The van der Waals surface area contributed by atoms with Gasteiger partial charge in [-0.15, -0.1) is 0 Å². The molecule has 0 bridgehead atoms. The van der Waals surface area contributed by atoms with Crippen molar-refractivity contribution in [1.29, 1.82) is 0 Å². The Hall–Kier alpha value is -1.50. The minimum Gasteiger partial charge on any atom is -0.470 e. The van der Waals surface area contributed by atoms with Crippen molar-refractivity contribution < 1.29 is 17.9 Å². The molecule has 0 atom stereocenters. The minimum atomic E-state index is -4.15. The molecule has 112 valence electrons. The second-order valence-electron chi connectivity index (χ2n) is 5.20. The maximum Gasteiger partial charge on any atom is 0.401 e. The highest BCUT2D eigenvalue weighted by atomic mass is 19.4. The first-order valence-electron chi connectivity index (χ1n) is 6.51. The average Bonchev–Trinajstić information content (AvgIpc) is 2.26. The van der Waals surface area contributed by atoms with Crippen LogP contribution in [0.1, 0.15) is 13.8 Å². The van der Waals surface area contributed by atoms with Crippen LogP contribution < -0.4 is 10.1 Å². The van der Waals surface area contributed by atoms with Crippen LogP contribution in [-0.4, -0.2) is 47.8 Å². The van der Waals surface area contributed by atoms with Gasteiger partial charge in [-0.05, 0) is 26.0 Å². The van der Waals surface area contributed by atoms with Gasteiger partial charge in [0.1, 0.15) is 6.10 Å². The highest BCUT2D eigenvalue weighted by Gasteiger charge is 2.38. The molecule has 0 radical (unpaired) electrons. The Morgan fingerprint density at radius 2 is 2.15 bits per heavy atom. The zero-order valence-corrected chi connectivity index (χ0v) is 11.4. The molecular weight excluding hydrogens is 271 g/mol. The van der Waals surface area contributed by atoms with Crippen LogP contribution in [0.5, 0.6) is 5.88 Å². The summed E-state index contributed by atoms with van der Waals surface area (Å²) in [4.78, 5) is 5.44. The predicted octanol–water partition coefficient (Wildman–Crippen LogP) is 2.53. The van der Waals surface area contributed by atoms with E-state index >= 15 is 0 Å². The van der Waals surface area contributed by atoms with Crippen LogP contribution in [0.2, 0.25) is 0 Å². The molecule has 2 heterocycles. The lowest BCUT2D eigenvalue weighted by atomic mass is 10.1. The smallest absolute Gasteiger partial charge is 0.401 e. The highest BCUT2D eigenvalue weighted by molar-refractivity contribution is 5.52. The number of rotatable bonds is 5. The van der Waals surface area contributed by atoms with Gasteiger partial charge in [-0.1, -0.05) is 0 Å². The molecule has 0 saturated carbocycles. The van der Waals surface area contributed by atoms with Crippen LogP contribution in [-0.2, 0) is 0 Å². The van der Waals surface area contributed by atoms with E-state index < -0.39 is 12.7 Å². The summed E-state index contributed by atoms with van der Waals surface area (Å²) in [5.74, 6) is 0.442. The molecule has 1 aromatic heterocycles. The fourth-order valence-electron chi connectivity index (χ4n) is 2.04. The van der Waals surface area contributed by atoms with Crippen LogP contribution in [0.3, 0.4) is 0 Å². The van der Waals surface area contributed by atoms with Gasteiger partial charge in [-0.3, -0.25) is 4.90 Å². The zero-order chi connectivity index (χ0) is 14.8. The summed E-state index contributed by atoms with van der Waals surface area (Å²) >= 11 is 0. The number of ether oxygens (including phenoxy) is 1. The molecule has 1 aromatic rings. The van der Waals surface area contributed by atoms with Gasteiger partial charge in [0, 0.05) is 25.3 Å². The lowest BCUT2D eigenvalue weighted by molar-refractivity contribution is -0.162. The zero-order valence-electron chi connectivity index (χ0n) is 11.4. The van der Waals surface area contributed by atoms with E-state index in [0.29, 0.717) is 5.88 Å². The monoisotopic (exact) mass is 289 g/mol. The molecule has 2 rings (SSSR count). The summed E-state index contributed by atoms with van der Waals surface area (Å²) < 4.78 is 42.2. The van der Waals surface area contributed by atoms with Crippen LogP contribution in [0.4, 0.5) is 18.9 Å². The largest absolute Gasteiger partial charge is 0.470 e. The third-order valence-corrected chi connectivity index (χ3v) is 2.82. The summed E-state index contributed by atoms with van der Waals surface area (Å²) in [6.45, 7) is 3.65. The van der Waals surface area contributed by atoms with Gasteiger partial charge < -0.3 is 10.1 Å². The number of hydrogen-bond donors (Lipinski definition) is 1. The van der Waals surface area contributed by atoms with Crippen molar-refractivity contribution in [2.24, 2.45) is 0 Å². The van der Waals surface area contributed by atoms with Gasteiger partial charge in [-0.25, -0.2) is 4.98 Å². The molecule has 1 saturated heterocycles. The van der Waals surface area contributed by atoms with Crippen molar-refractivity contribution in [3.63, 3.8) is 0 Å². The second-order valence-corrected chi connectivity index (χ2v) is 5.20. The molecule has 0 spiro atoms. The Morgan fingerprint density at radius 3 is 2.75 bits per heavy atom. The molecule has 20 heavy (non-hydrogen) atoms. The van der Waals surface area contributed by atoms with E-state index in [2.05, 4.69) is 10.3 Å². The van der Waals surface area contributed by atoms with Gasteiger partial charge >= 0.3 is 6.18 Å². The molecule has 1 aliphatic heterocycles. The molecule has 1 N–H and O–H groups in total. The number of aromatic nitrogens is 1. The number of likely N-dealkylation sites (tertiary alicyclic amines) is 1. The third-order valence-electron chi connectivity index (χ3n) is 2.82. The van der Waals surface area contributed by atoms with Crippen molar-refractivity contribution >= 4 is 5.69 Å². The quantitative estimate of drug-likeness (QED) is 0.904. The number of pyridine rings is 1. The standard InChI is InChI=1S/C13H18F3N3O/c1-9(2)18-11-4-3-5-17-12(11)20-10-6-19(7-10)8-13(14,15)16/h3-5,9-10,18H,6-8H2,1-2H3. The Kier molecular flexibility index (Phi) is 4.37.